The zero-order chi connectivity index (χ0) is 12.0. The molecule has 0 aromatic heterocycles. The van der Waals surface area contributed by atoms with Gasteiger partial charge in [0.25, 0.3) is 0 Å². The summed E-state index contributed by atoms with van der Waals surface area (Å²) >= 11 is 0. The van der Waals surface area contributed by atoms with Crippen LogP contribution in [0.15, 0.2) is 24.3 Å². The molecule has 0 unspecified atom stereocenters. The highest BCUT2D eigenvalue weighted by molar-refractivity contribution is 6.73. The van der Waals surface area contributed by atoms with Crippen LogP contribution in [0.1, 0.15) is 19.4 Å². The van der Waals surface area contributed by atoms with E-state index in [0.717, 1.165) is 24.6 Å². The first-order valence-corrected chi connectivity index (χ1v) is 8.48. The van der Waals surface area contributed by atoms with E-state index in [2.05, 4.69) is 13.8 Å². The fraction of sp³-hybridized carbons (Fsp3) is 0.538. The molecule has 90 valence electrons. The molecule has 0 aliphatic heterocycles. The van der Waals surface area contributed by atoms with Gasteiger partial charge in [-0.15, -0.1) is 0 Å². The first kappa shape index (κ1) is 13.4. The minimum Gasteiger partial charge on any atom is -0.420 e. The molecule has 0 N–H and O–H groups in total. The fourth-order valence-electron chi connectivity index (χ4n) is 2.02. The van der Waals surface area contributed by atoms with Gasteiger partial charge >= 0.3 is 0 Å². The molecule has 0 amide bonds. The molecule has 0 spiro atoms. The van der Waals surface area contributed by atoms with Crippen LogP contribution in [-0.4, -0.2) is 15.4 Å². The first-order chi connectivity index (χ1) is 7.65. The van der Waals surface area contributed by atoms with E-state index in [1.165, 1.54) is 17.7 Å². The smallest absolute Gasteiger partial charge is 0.192 e. The average Bonchev–Trinajstić information content (AvgIpc) is 2.34. The van der Waals surface area contributed by atoms with Gasteiger partial charge in [-0.3, -0.25) is 0 Å². The number of hydrogen-bond acceptors (Lipinski definition) is 1. The monoisotopic (exact) mass is 240 g/mol. The topological polar surface area (TPSA) is 9.23 Å². The Bertz CT molecular complexity index is 298. The third-order valence-corrected chi connectivity index (χ3v) is 8.11. The largest absolute Gasteiger partial charge is 0.420 e. The molecule has 0 saturated carbocycles. The highest BCUT2D eigenvalue weighted by Gasteiger charge is 2.28. The van der Waals surface area contributed by atoms with E-state index in [9.17, 15) is 4.39 Å². The van der Waals surface area contributed by atoms with Crippen molar-refractivity contribution in [1.82, 2.24) is 0 Å². The van der Waals surface area contributed by atoms with Gasteiger partial charge in [0.2, 0.25) is 0 Å². The van der Waals surface area contributed by atoms with Crippen LogP contribution in [-0.2, 0) is 10.8 Å². The standard InChI is InChI=1S/C13H21FOSi/c1-4-16(5-2,15-3)11-10-12-6-8-13(14)9-7-12/h6-9H,4-5,10-11H2,1-3H3. The molecule has 1 nitrogen and oxygen atoms in total. The SMILES string of the molecule is CC[Si](CC)(CCc1ccc(F)cc1)OC. The molecule has 0 fully saturated rings. The maximum atomic E-state index is 12.7. The Labute approximate surface area is 98.8 Å². The van der Waals surface area contributed by atoms with Crippen LogP contribution in [0.2, 0.25) is 18.1 Å². The highest BCUT2D eigenvalue weighted by atomic mass is 28.4. The van der Waals surface area contributed by atoms with Crippen molar-refractivity contribution < 1.29 is 8.82 Å². The Hall–Kier alpha value is -0.673. The third-order valence-electron chi connectivity index (χ3n) is 3.50. The Morgan fingerprint density at radius 2 is 1.69 bits per heavy atom. The molecule has 0 saturated heterocycles. The average molecular weight is 240 g/mol. The Kier molecular flexibility index (Phi) is 5.15. The predicted molar refractivity (Wildman–Crippen MR) is 68.6 cm³/mol. The molecule has 0 radical (unpaired) electrons. The summed E-state index contributed by atoms with van der Waals surface area (Å²) in [5, 5.41) is 0. The molecule has 0 aliphatic carbocycles. The van der Waals surface area contributed by atoms with Crippen molar-refractivity contribution >= 4 is 8.32 Å². The summed E-state index contributed by atoms with van der Waals surface area (Å²) < 4.78 is 18.5. The van der Waals surface area contributed by atoms with Gasteiger partial charge in [0.05, 0.1) is 0 Å². The minimum atomic E-state index is -1.51. The van der Waals surface area contributed by atoms with Crippen molar-refractivity contribution in [3.05, 3.63) is 35.6 Å². The van der Waals surface area contributed by atoms with Crippen molar-refractivity contribution in [2.45, 2.75) is 38.4 Å². The summed E-state index contributed by atoms with van der Waals surface area (Å²) in [6.45, 7) is 4.42. The van der Waals surface area contributed by atoms with Crippen LogP contribution < -0.4 is 0 Å². The summed E-state index contributed by atoms with van der Waals surface area (Å²) in [4.78, 5) is 0. The van der Waals surface area contributed by atoms with Gasteiger partial charge in [-0.25, -0.2) is 4.39 Å². The van der Waals surface area contributed by atoms with Crippen LogP contribution in [0, 0.1) is 5.82 Å². The number of hydrogen-bond donors (Lipinski definition) is 0. The maximum Gasteiger partial charge on any atom is 0.192 e. The molecule has 16 heavy (non-hydrogen) atoms. The molecular weight excluding hydrogens is 219 g/mol. The second-order valence-electron chi connectivity index (χ2n) is 4.22. The van der Waals surface area contributed by atoms with Crippen LogP contribution in [0.25, 0.3) is 0 Å². The zero-order valence-corrected chi connectivity index (χ0v) is 11.4. The van der Waals surface area contributed by atoms with Crippen molar-refractivity contribution in [3.8, 4) is 0 Å². The molecule has 1 aromatic rings. The molecule has 0 atom stereocenters. The fourth-order valence-corrected chi connectivity index (χ4v) is 4.75. The number of benzene rings is 1. The maximum absolute atomic E-state index is 12.7. The molecule has 1 aromatic carbocycles. The number of halogens is 1. The van der Waals surface area contributed by atoms with Crippen LogP contribution >= 0.6 is 0 Å². The van der Waals surface area contributed by atoms with Gasteiger partial charge in [0, 0.05) is 7.11 Å². The predicted octanol–water partition coefficient (Wildman–Crippen LogP) is 4.00. The third kappa shape index (κ3) is 3.42. The summed E-state index contributed by atoms with van der Waals surface area (Å²) in [7, 11) is 0.330. The van der Waals surface area contributed by atoms with E-state index in [4.69, 9.17) is 4.43 Å². The first-order valence-electron chi connectivity index (χ1n) is 5.95. The Morgan fingerprint density at radius 1 is 1.12 bits per heavy atom. The second-order valence-corrected chi connectivity index (χ2v) is 8.91. The van der Waals surface area contributed by atoms with Crippen molar-refractivity contribution in [1.29, 1.82) is 0 Å². The summed E-state index contributed by atoms with van der Waals surface area (Å²) in [6, 6.07) is 10.2. The van der Waals surface area contributed by atoms with Gasteiger partial charge < -0.3 is 4.43 Å². The van der Waals surface area contributed by atoms with Crippen molar-refractivity contribution in [2.75, 3.05) is 7.11 Å². The lowest BCUT2D eigenvalue weighted by Gasteiger charge is -2.27. The van der Waals surface area contributed by atoms with Gasteiger partial charge in [-0.2, -0.15) is 0 Å². The lowest BCUT2D eigenvalue weighted by atomic mass is 10.2. The van der Waals surface area contributed by atoms with Gasteiger partial charge in [-0.1, -0.05) is 26.0 Å². The molecule has 0 bridgehead atoms. The van der Waals surface area contributed by atoms with Crippen molar-refractivity contribution in [3.63, 3.8) is 0 Å². The van der Waals surface area contributed by atoms with E-state index >= 15 is 0 Å². The zero-order valence-electron chi connectivity index (χ0n) is 10.4. The van der Waals surface area contributed by atoms with E-state index in [1.54, 1.807) is 0 Å². The minimum absolute atomic E-state index is 0.162. The van der Waals surface area contributed by atoms with Crippen LogP contribution in [0.5, 0.6) is 0 Å². The number of aryl methyl sites for hydroxylation is 1. The summed E-state index contributed by atoms with van der Waals surface area (Å²) in [6.07, 6.45) is 1.00. The van der Waals surface area contributed by atoms with E-state index in [0.29, 0.717) is 0 Å². The lowest BCUT2D eigenvalue weighted by Crippen LogP contribution is -2.35. The summed E-state index contributed by atoms with van der Waals surface area (Å²) in [5.74, 6) is -0.162. The van der Waals surface area contributed by atoms with E-state index in [-0.39, 0.29) is 5.82 Å². The second kappa shape index (κ2) is 6.16. The van der Waals surface area contributed by atoms with Gasteiger partial charge in [0.1, 0.15) is 5.82 Å². The van der Waals surface area contributed by atoms with Gasteiger partial charge in [-0.05, 0) is 42.2 Å². The molecule has 0 aliphatic rings. The van der Waals surface area contributed by atoms with E-state index < -0.39 is 8.32 Å². The molecular formula is C13H21FOSi. The Morgan fingerprint density at radius 3 is 2.12 bits per heavy atom. The molecule has 0 heterocycles. The van der Waals surface area contributed by atoms with Crippen LogP contribution in [0.3, 0.4) is 0 Å². The number of rotatable bonds is 6. The lowest BCUT2D eigenvalue weighted by molar-refractivity contribution is 0.391. The van der Waals surface area contributed by atoms with E-state index in [1.807, 2.05) is 19.2 Å². The molecule has 3 heteroatoms. The summed E-state index contributed by atoms with van der Waals surface area (Å²) in [5.41, 5.74) is 1.21. The molecule has 1 rings (SSSR count). The van der Waals surface area contributed by atoms with Crippen molar-refractivity contribution in [2.24, 2.45) is 0 Å². The quantitative estimate of drug-likeness (QED) is 0.683. The van der Waals surface area contributed by atoms with Gasteiger partial charge in [0.15, 0.2) is 8.32 Å². The highest BCUT2D eigenvalue weighted by Crippen LogP contribution is 2.23. The van der Waals surface area contributed by atoms with Crippen LogP contribution in [0.4, 0.5) is 4.39 Å². The Balaban J connectivity index is 2.58. The normalized spacial score (nSPS) is 11.8.